The zero-order chi connectivity index (χ0) is 26.0. The van der Waals surface area contributed by atoms with Crippen molar-refractivity contribution in [3.8, 4) is 17.6 Å². The van der Waals surface area contributed by atoms with Crippen LogP contribution in [0.4, 0.5) is 15.2 Å². The molecule has 2 amide bonds. The number of aromatic nitrogens is 1. The van der Waals surface area contributed by atoms with Crippen LogP contribution in [0.3, 0.4) is 0 Å². The minimum absolute atomic E-state index is 0.0933. The number of hydrogen-bond donors (Lipinski definition) is 2. The van der Waals surface area contributed by atoms with Crippen molar-refractivity contribution < 1.29 is 18.7 Å². The fourth-order valence-corrected chi connectivity index (χ4v) is 4.80. The molecule has 1 aromatic heterocycles. The van der Waals surface area contributed by atoms with Crippen molar-refractivity contribution in [1.29, 1.82) is 5.26 Å². The van der Waals surface area contributed by atoms with Gasteiger partial charge in [0.2, 0.25) is 5.91 Å². The lowest BCUT2D eigenvalue weighted by molar-refractivity contribution is -0.114. The molecule has 4 rings (SSSR count). The van der Waals surface area contributed by atoms with Crippen LogP contribution in [0, 0.1) is 17.1 Å². The maximum atomic E-state index is 14.5. The molecule has 0 saturated heterocycles. The van der Waals surface area contributed by atoms with E-state index in [1.54, 1.807) is 50.2 Å². The summed E-state index contributed by atoms with van der Waals surface area (Å²) < 4.78 is 21.0. The number of carbonyl (C=O) groups is 2. The van der Waals surface area contributed by atoms with Gasteiger partial charge in [-0.05, 0) is 49.7 Å². The van der Waals surface area contributed by atoms with Gasteiger partial charge < -0.3 is 15.4 Å². The molecule has 0 saturated carbocycles. The molecule has 36 heavy (non-hydrogen) atoms. The molecule has 2 N–H and O–H groups in total. The monoisotopic (exact) mass is 522 g/mol. The zero-order valence-corrected chi connectivity index (χ0v) is 21.1. The van der Waals surface area contributed by atoms with E-state index in [-0.39, 0.29) is 22.2 Å². The highest BCUT2D eigenvalue weighted by Crippen LogP contribution is 2.34. The predicted octanol–water partition coefficient (Wildman–Crippen LogP) is 6.89. The Balaban J connectivity index is 1.56. The van der Waals surface area contributed by atoms with Gasteiger partial charge in [0.1, 0.15) is 5.75 Å². The van der Waals surface area contributed by atoms with Crippen molar-refractivity contribution in [2.24, 2.45) is 0 Å². The first-order valence-electron chi connectivity index (χ1n) is 10.7. The molecule has 182 valence electrons. The maximum Gasteiger partial charge on any atom is 0.257 e. The van der Waals surface area contributed by atoms with Gasteiger partial charge in [0.05, 0.1) is 32.3 Å². The molecule has 0 aliphatic heterocycles. The fraction of sp³-hybridized carbons (Fsp3) is 0.154. The van der Waals surface area contributed by atoms with Gasteiger partial charge in [-0.15, -0.1) is 0 Å². The molecule has 0 bridgehead atoms. The molecular weight excluding hydrogens is 503 g/mol. The maximum absolute atomic E-state index is 14.5. The third-order valence-electron chi connectivity index (χ3n) is 5.26. The van der Waals surface area contributed by atoms with E-state index in [2.05, 4.69) is 21.7 Å². The topological polar surface area (TPSA) is 104 Å². The van der Waals surface area contributed by atoms with Crippen LogP contribution in [-0.2, 0) is 10.2 Å². The summed E-state index contributed by atoms with van der Waals surface area (Å²) in [6.07, 6.45) is 0. The molecule has 0 atom stereocenters. The molecule has 0 fully saturated rings. The average Bonchev–Trinajstić information content (AvgIpc) is 3.22. The summed E-state index contributed by atoms with van der Waals surface area (Å²) in [6.45, 7) is 4.82. The van der Waals surface area contributed by atoms with Crippen LogP contribution in [-0.4, -0.2) is 16.8 Å². The molecule has 7 nitrogen and oxygen atoms in total. The Morgan fingerprint density at radius 1 is 1.14 bits per heavy atom. The Bertz CT molecular complexity index is 1540. The predicted molar refractivity (Wildman–Crippen MR) is 138 cm³/mol. The molecule has 4 aromatic rings. The first kappa shape index (κ1) is 25.1. The van der Waals surface area contributed by atoms with Crippen molar-refractivity contribution in [3.63, 3.8) is 0 Å². The Kier molecular flexibility index (Phi) is 6.93. The molecule has 0 aliphatic rings. The van der Waals surface area contributed by atoms with E-state index in [0.717, 1.165) is 4.70 Å². The average molecular weight is 523 g/mol. The number of ether oxygens (including phenoxy) is 1. The summed E-state index contributed by atoms with van der Waals surface area (Å²) in [4.78, 5) is 28.5. The van der Waals surface area contributed by atoms with Gasteiger partial charge in [-0.1, -0.05) is 35.1 Å². The number of thiazole rings is 1. The van der Waals surface area contributed by atoms with Crippen LogP contribution >= 0.6 is 22.9 Å². The van der Waals surface area contributed by atoms with E-state index >= 15 is 0 Å². The summed E-state index contributed by atoms with van der Waals surface area (Å²) in [5.74, 6) is -1.09. The number of anilines is 2. The number of carbonyl (C=O) groups excluding carboxylic acids is 2. The molecule has 0 aliphatic carbocycles. The van der Waals surface area contributed by atoms with Gasteiger partial charge in [-0.2, -0.15) is 5.26 Å². The summed E-state index contributed by atoms with van der Waals surface area (Å²) >= 11 is 7.71. The van der Waals surface area contributed by atoms with Crippen LogP contribution < -0.4 is 15.4 Å². The molecule has 0 unspecified atom stereocenters. The van der Waals surface area contributed by atoms with Gasteiger partial charge in [-0.25, -0.2) is 9.37 Å². The molecule has 3 aromatic carbocycles. The number of halogens is 2. The van der Waals surface area contributed by atoms with Crippen molar-refractivity contribution in [2.75, 3.05) is 10.6 Å². The third-order valence-corrected chi connectivity index (χ3v) is 6.60. The number of rotatable bonds is 6. The lowest BCUT2D eigenvalue weighted by atomic mass is 9.85. The van der Waals surface area contributed by atoms with Crippen LogP contribution in [0.5, 0.6) is 11.5 Å². The third kappa shape index (κ3) is 5.30. The van der Waals surface area contributed by atoms with Gasteiger partial charge in [0, 0.05) is 24.7 Å². The summed E-state index contributed by atoms with van der Waals surface area (Å²) in [7, 11) is 0. The standard InChI is InChI=1S/C26H20ClFN4O3S/c1-14(33)30-25-32-20-10-8-16(12-22(20)36-25)35-21-11-15(7-9-19(21)28)31-24(34)17-5-4-6-18(23(17)27)26(2,3)13-29/h4-12H,1-3H3,(H,31,34)(H,30,32,33). The van der Waals surface area contributed by atoms with E-state index in [1.165, 1.54) is 36.5 Å². The van der Waals surface area contributed by atoms with E-state index in [4.69, 9.17) is 16.3 Å². The van der Waals surface area contributed by atoms with Crippen LogP contribution in [0.25, 0.3) is 10.2 Å². The van der Waals surface area contributed by atoms with Gasteiger partial charge in [-0.3, -0.25) is 9.59 Å². The highest BCUT2D eigenvalue weighted by atomic mass is 35.5. The number of hydrogen-bond acceptors (Lipinski definition) is 6. The summed E-state index contributed by atoms with van der Waals surface area (Å²) in [5.41, 5.74) is 0.796. The van der Waals surface area contributed by atoms with Gasteiger partial charge in [0.25, 0.3) is 5.91 Å². The Labute approximate surface area is 215 Å². The number of fused-ring (bicyclic) bond motifs is 1. The summed E-state index contributed by atoms with van der Waals surface area (Å²) in [6, 6.07) is 16.1. The van der Waals surface area contributed by atoms with Gasteiger partial charge >= 0.3 is 0 Å². The second kappa shape index (κ2) is 9.93. The lowest BCUT2D eigenvalue weighted by Crippen LogP contribution is -2.18. The molecular formula is C26H20ClFN4O3S. The molecule has 10 heteroatoms. The molecule has 0 radical (unpaired) electrons. The van der Waals surface area contributed by atoms with Crippen molar-refractivity contribution in [1.82, 2.24) is 4.98 Å². The number of nitriles is 1. The molecule has 1 heterocycles. The normalized spacial score (nSPS) is 11.1. The summed E-state index contributed by atoms with van der Waals surface area (Å²) in [5, 5.41) is 15.4. The first-order valence-corrected chi connectivity index (χ1v) is 11.9. The van der Waals surface area contributed by atoms with Gasteiger partial charge in [0.15, 0.2) is 16.7 Å². The van der Waals surface area contributed by atoms with Crippen LogP contribution in [0.15, 0.2) is 54.6 Å². The van der Waals surface area contributed by atoms with Crippen LogP contribution in [0.1, 0.15) is 36.7 Å². The van der Waals surface area contributed by atoms with Crippen molar-refractivity contribution in [3.05, 3.63) is 76.6 Å². The fourth-order valence-electron chi connectivity index (χ4n) is 3.41. The number of benzene rings is 3. The van der Waals surface area contributed by atoms with E-state index in [9.17, 15) is 19.2 Å². The van der Waals surface area contributed by atoms with E-state index < -0.39 is 17.1 Å². The second-order valence-corrected chi connectivity index (χ2v) is 9.84. The number of nitrogens with one attached hydrogen (secondary N) is 2. The van der Waals surface area contributed by atoms with E-state index in [0.29, 0.717) is 27.6 Å². The lowest BCUT2D eigenvalue weighted by Gasteiger charge is -2.19. The minimum Gasteiger partial charge on any atom is -0.454 e. The highest BCUT2D eigenvalue weighted by Gasteiger charge is 2.25. The SMILES string of the molecule is CC(=O)Nc1nc2ccc(Oc3cc(NC(=O)c4cccc(C(C)(C)C#N)c4Cl)ccc3F)cc2s1. The second-order valence-electron chi connectivity index (χ2n) is 8.44. The number of nitrogens with zero attached hydrogens (tertiary/aromatic N) is 2. The first-order chi connectivity index (χ1) is 17.1. The minimum atomic E-state index is -0.883. The Morgan fingerprint density at radius 2 is 1.92 bits per heavy atom. The Morgan fingerprint density at radius 3 is 2.64 bits per heavy atom. The molecule has 0 spiro atoms. The largest absolute Gasteiger partial charge is 0.454 e. The highest BCUT2D eigenvalue weighted by molar-refractivity contribution is 7.22. The van der Waals surface area contributed by atoms with Crippen molar-refractivity contribution >= 4 is 55.8 Å². The van der Waals surface area contributed by atoms with Crippen LogP contribution in [0.2, 0.25) is 5.02 Å². The quantitative estimate of drug-likeness (QED) is 0.287. The number of amides is 2. The zero-order valence-electron chi connectivity index (χ0n) is 19.5. The Hall–Kier alpha value is -4.00. The van der Waals surface area contributed by atoms with E-state index in [1.807, 2.05) is 0 Å². The van der Waals surface area contributed by atoms with Crippen molar-refractivity contribution in [2.45, 2.75) is 26.2 Å². The smallest absolute Gasteiger partial charge is 0.257 e.